The molecule has 1 fully saturated rings. The highest BCUT2D eigenvalue weighted by atomic mass is 32.2. The maximum atomic E-state index is 12.9. The third-order valence-corrected chi connectivity index (χ3v) is 7.93. The smallest absolute Gasteiger partial charge is 0.264 e. The summed E-state index contributed by atoms with van der Waals surface area (Å²) >= 11 is 0. The highest BCUT2D eigenvalue weighted by Crippen LogP contribution is 2.31. The van der Waals surface area contributed by atoms with Crippen LogP contribution in [0.1, 0.15) is 48.5 Å². The summed E-state index contributed by atoms with van der Waals surface area (Å²) in [6, 6.07) is 11.8. The van der Waals surface area contributed by atoms with Gasteiger partial charge in [-0.25, -0.2) is 8.42 Å². The molecule has 2 heterocycles. The molecule has 1 saturated heterocycles. The lowest BCUT2D eigenvalue weighted by molar-refractivity contribution is -0.120. The number of nitrogens with zero attached hydrogens (tertiary/aromatic N) is 2. The van der Waals surface area contributed by atoms with Crippen molar-refractivity contribution in [2.75, 3.05) is 31.1 Å². The van der Waals surface area contributed by atoms with Gasteiger partial charge in [0.25, 0.3) is 5.91 Å². The van der Waals surface area contributed by atoms with Gasteiger partial charge in [-0.3, -0.25) is 9.59 Å². The van der Waals surface area contributed by atoms with Crippen LogP contribution in [0.5, 0.6) is 5.75 Å². The molecule has 0 spiro atoms. The van der Waals surface area contributed by atoms with Crippen molar-refractivity contribution in [2.24, 2.45) is 0 Å². The van der Waals surface area contributed by atoms with Crippen LogP contribution in [-0.4, -0.2) is 50.7 Å². The zero-order valence-electron chi connectivity index (χ0n) is 18.2. The molecule has 0 radical (unpaired) electrons. The number of aryl methyl sites for hydroxylation is 1. The average Bonchev–Trinajstić information content (AvgIpc) is 3.37. The number of rotatable bonds is 7. The number of ketones is 1. The van der Waals surface area contributed by atoms with Gasteiger partial charge in [0.05, 0.1) is 4.90 Å². The number of hydrogen-bond donors (Lipinski definition) is 0. The molecule has 32 heavy (non-hydrogen) atoms. The summed E-state index contributed by atoms with van der Waals surface area (Å²) in [5.74, 6) is 0.397. The Kier molecular flexibility index (Phi) is 6.62. The molecule has 0 bridgehead atoms. The molecule has 2 aromatic rings. The second-order valence-corrected chi connectivity index (χ2v) is 10.1. The van der Waals surface area contributed by atoms with Crippen LogP contribution >= 0.6 is 0 Å². The third-order valence-electron chi connectivity index (χ3n) is 6.03. The summed E-state index contributed by atoms with van der Waals surface area (Å²) in [7, 11) is -3.49. The largest absolute Gasteiger partial charge is 0.484 e. The van der Waals surface area contributed by atoms with Crippen molar-refractivity contribution in [1.82, 2.24) is 4.31 Å². The van der Waals surface area contributed by atoms with E-state index in [1.165, 1.54) is 4.31 Å². The standard InChI is InChI=1S/C24H28N2O5S/c1-2-23(27)18-7-9-20(10-8-18)31-17-24(28)26-15-5-6-19-16-21(11-12-22(19)26)32(29,30)25-13-3-4-14-25/h7-12,16H,2-6,13-15,17H2,1H3. The summed E-state index contributed by atoms with van der Waals surface area (Å²) in [6.07, 6.45) is 3.72. The highest BCUT2D eigenvalue weighted by Gasteiger charge is 2.29. The lowest BCUT2D eigenvalue weighted by Crippen LogP contribution is -2.38. The van der Waals surface area contributed by atoms with E-state index in [0.29, 0.717) is 42.3 Å². The van der Waals surface area contributed by atoms with E-state index in [4.69, 9.17) is 4.74 Å². The molecule has 2 aliphatic rings. The Balaban J connectivity index is 1.45. The minimum absolute atomic E-state index is 0.0589. The molecule has 1 amide bonds. The summed E-state index contributed by atoms with van der Waals surface area (Å²) in [4.78, 5) is 26.6. The fraction of sp³-hybridized carbons (Fsp3) is 0.417. The summed E-state index contributed by atoms with van der Waals surface area (Å²) in [5, 5.41) is 0. The molecule has 0 unspecified atom stereocenters. The van der Waals surface area contributed by atoms with Crippen LogP contribution in [0.15, 0.2) is 47.4 Å². The van der Waals surface area contributed by atoms with Gasteiger partial charge in [0.2, 0.25) is 10.0 Å². The first-order valence-electron chi connectivity index (χ1n) is 11.1. The van der Waals surface area contributed by atoms with Gasteiger partial charge in [0.15, 0.2) is 12.4 Å². The van der Waals surface area contributed by atoms with E-state index in [1.807, 2.05) is 6.92 Å². The highest BCUT2D eigenvalue weighted by molar-refractivity contribution is 7.89. The van der Waals surface area contributed by atoms with Crippen molar-refractivity contribution in [2.45, 2.75) is 43.9 Å². The summed E-state index contributed by atoms with van der Waals surface area (Å²) in [5.41, 5.74) is 2.23. The number of Topliss-reactive ketones (excluding diaryl/α,β-unsaturated/α-hetero) is 1. The molecular weight excluding hydrogens is 428 g/mol. The van der Waals surface area contributed by atoms with Crippen LogP contribution in [0.25, 0.3) is 0 Å². The van der Waals surface area contributed by atoms with Crippen molar-refractivity contribution >= 4 is 27.4 Å². The van der Waals surface area contributed by atoms with Crippen LogP contribution in [0, 0.1) is 0 Å². The van der Waals surface area contributed by atoms with Crippen LogP contribution < -0.4 is 9.64 Å². The Morgan fingerprint density at radius 2 is 1.69 bits per heavy atom. The maximum Gasteiger partial charge on any atom is 0.264 e. The molecule has 8 heteroatoms. The van der Waals surface area contributed by atoms with Crippen LogP contribution in [-0.2, 0) is 21.2 Å². The Morgan fingerprint density at radius 1 is 0.969 bits per heavy atom. The number of anilines is 1. The van der Waals surface area contributed by atoms with E-state index in [1.54, 1.807) is 47.4 Å². The number of ether oxygens (including phenoxy) is 1. The van der Waals surface area contributed by atoms with Gasteiger partial charge in [-0.05, 0) is 73.7 Å². The minimum Gasteiger partial charge on any atom is -0.484 e. The van der Waals surface area contributed by atoms with E-state index in [9.17, 15) is 18.0 Å². The van der Waals surface area contributed by atoms with E-state index < -0.39 is 10.0 Å². The van der Waals surface area contributed by atoms with Gasteiger partial charge in [-0.1, -0.05) is 6.92 Å². The van der Waals surface area contributed by atoms with E-state index >= 15 is 0 Å². The van der Waals surface area contributed by atoms with Gasteiger partial charge in [-0.2, -0.15) is 4.31 Å². The third kappa shape index (κ3) is 4.56. The van der Waals surface area contributed by atoms with E-state index in [0.717, 1.165) is 36.9 Å². The Morgan fingerprint density at radius 3 is 2.38 bits per heavy atom. The lowest BCUT2D eigenvalue weighted by Gasteiger charge is -2.30. The van der Waals surface area contributed by atoms with Crippen LogP contribution in [0.4, 0.5) is 5.69 Å². The van der Waals surface area contributed by atoms with Crippen molar-refractivity contribution in [3.8, 4) is 5.75 Å². The Labute approximate surface area is 189 Å². The molecule has 0 N–H and O–H groups in total. The average molecular weight is 457 g/mol. The van der Waals surface area contributed by atoms with Gasteiger partial charge in [0.1, 0.15) is 5.75 Å². The van der Waals surface area contributed by atoms with Crippen molar-refractivity contribution < 1.29 is 22.7 Å². The number of amides is 1. The maximum absolute atomic E-state index is 12.9. The van der Waals surface area contributed by atoms with Gasteiger partial charge < -0.3 is 9.64 Å². The van der Waals surface area contributed by atoms with Crippen LogP contribution in [0.3, 0.4) is 0 Å². The predicted molar refractivity (Wildman–Crippen MR) is 122 cm³/mol. The molecular formula is C24H28N2O5S. The molecule has 0 aromatic heterocycles. The monoisotopic (exact) mass is 456 g/mol. The van der Waals surface area contributed by atoms with E-state index in [-0.39, 0.29) is 18.3 Å². The number of hydrogen-bond acceptors (Lipinski definition) is 5. The molecule has 2 aromatic carbocycles. The van der Waals surface area contributed by atoms with Crippen molar-refractivity contribution in [3.63, 3.8) is 0 Å². The molecule has 170 valence electrons. The van der Waals surface area contributed by atoms with Gasteiger partial charge >= 0.3 is 0 Å². The number of sulfonamides is 1. The fourth-order valence-corrected chi connectivity index (χ4v) is 5.80. The molecule has 0 aliphatic carbocycles. The first-order valence-corrected chi connectivity index (χ1v) is 12.5. The van der Waals surface area contributed by atoms with Crippen molar-refractivity contribution in [1.29, 1.82) is 0 Å². The van der Waals surface area contributed by atoms with Gasteiger partial charge in [-0.15, -0.1) is 0 Å². The second-order valence-electron chi connectivity index (χ2n) is 8.14. The zero-order valence-corrected chi connectivity index (χ0v) is 19.1. The SMILES string of the molecule is CCC(=O)c1ccc(OCC(=O)N2CCCc3cc(S(=O)(=O)N4CCCC4)ccc32)cc1. The minimum atomic E-state index is -3.49. The number of fused-ring (bicyclic) bond motifs is 1. The molecule has 0 saturated carbocycles. The topological polar surface area (TPSA) is 84.0 Å². The quantitative estimate of drug-likeness (QED) is 0.596. The first kappa shape index (κ1) is 22.5. The Hall–Kier alpha value is -2.71. The van der Waals surface area contributed by atoms with Crippen molar-refractivity contribution in [3.05, 3.63) is 53.6 Å². The number of benzene rings is 2. The number of carbonyl (C=O) groups excluding carboxylic acids is 2. The molecule has 0 atom stereocenters. The summed E-state index contributed by atoms with van der Waals surface area (Å²) in [6.45, 7) is 3.38. The zero-order chi connectivity index (χ0) is 22.7. The second kappa shape index (κ2) is 9.42. The predicted octanol–water partition coefficient (Wildman–Crippen LogP) is 3.42. The van der Waals surface area contributed by atoms with Gasteiger partial charge in [0, 0.05) is 37.3 Å². The fourth-order valence-electron chi connectivity index (χ4n) is 4.23. The molecule has 4 rings (SSSR count). The molecule has 2 aliphatic heterocycles. The van der Waals surface area contributed by atoms with Crippen LogP contribution in [0.2, 0.25) is 0 Å². The summed E-state index contributed by atoms with van der Waals surface area (Å²) < 4.78 is 32.9. The normalized spacial score (nSPS) is 16.6. The molecule has 7 nitrogen and oxygen atoms in total. The Bertz CT molecular complexity index is 1110. The van der Waals surface area contributed by atoms with E-state index in [2.05, 4.69) is 0 Å². The number of carbonyl (C=O) groups is 2. The first-order chi connectivity index (χ1) is 15.4. The lowest BCUT2D eigenvalue weighted by atomic mass is 10.0.